The molecule has 0 nitrogen and oxygen atoms in total. The maximum atomic E-state index is 2.37. The molecule has 0 aliphatic heterocycles. The molecule has 0 spiro atoms. The largest absolute Gasteiger partial charge is 0.0616 e. The van der Waals surface area contributed by atoms with Crippen LogP contribution >= 0.6 is 0 Å². The van der Waals surface area contributed by atoms with E-state index in [0.29, 0.717) is 0 Å². The van der Waals surface area contributed by atoms with E-state index >= 15 is 0 Å². The Kier molecular flexibility index (Phi) is 2.58. The number of rotatable bonds is 0. The van der Waals surface area contributed by atoms with Crippen LogP contribution in [0, 0.1) is 6.92 Å². The SMILES string of the molecule is Cc1ccc2c(c1)C(C)(C)c1c-2c2ccccc2c2ccccc12. The van der Waals surface area contributed by atoms with Gasteiger partial charge in [-0.3, -0.25) is 0 Å². The molecule has 0 atom stereocenters. The Morgan fingerprint density at radius 1 is 0.667 bits per heavy atom. The molecule has 4 aromatic rings. The third-order valence-corrected chi connectivity index (χ3v) is 5.68. The minimum absolute atomic E-state index is 0.0281. The minimum Gasteiger partial charge on any atom is -0.0616 e. The van der Waals surface area contributed by atoms with Gasteiger partial charge in [0.15, 0.2) is 0 Å². The Bertz CT molecular complexity index is 1130. The van der Waals surface area contributed by atoms with Gasteiger partial charge in [-0.15, -0.1) is 0 Å². The normalized spacial score (nSPS) is 14.8. The standard InChI is InChI=1S/C24H20/c1-15-12-13-20-21(14-15)24(2,3)23-19-11-7-5-9-17(19)16-8-4-6-10-18(16)22(20)23/h4-14H,1-3H3. The fraction of sp³-hybridized carbons (Fsp3) is 0.167. The van der Waals surface area contributed by atoms with Crippen molar-refractivity contribution in [3.8, 4) is 11.1 Å². The first-order valence-corrected chi connectivity index (χ1v) is 8.64. The molecule has 0 heterocycles. The van der Waals surface area contributed by atoms with Gasteiger partial charge < -0.3 is 0 Å². The lowest BCUT2D eigenvalue weighted by atomic mass is 9.79. The van der Waals surface area contributed by atoms with Crippen LogP contribution in [0.5, 0.6) is 0 Å². The maximum absolute atomic E-state index is 2.37. The van der Waals surface area contributed by atoms with Gasteiger partial charge in [0.05, 0.1) is 0 Å². The molecule has 0 aromatic heterocycles. The van der Waals surface area contributed by atoms with Crippen molar-refractivity contribution < 1.29 is 0 Å². The first kappa shape index (κ1) is 13.8. The third-order valence-electron chi connectivity index (χ3n) is 5.68. The van der Waals surface area contributed by atoms with Gasteiger partial charge in [-0.25, -0.2) is 0 Å². The van der Waals surface area contributed by atoms with Gasteiger partial charge in [-0.2, -0.15) is 0 Å². The molecular formula is C24H20. The molecule has 0 N–H and O–H groups in total. The molecule has 0 radical (unpaired) electrons. The second-order valence-corrected chi connectivity index (χ2v) is 7.52. The van der Waals surface area contributed by atoms with Crippen molar-refractivity contribution in [3.05, 3.63) is 83.4 Å². The lowest BCUT2D eigenvalue weighted by molar-refractivity contribution is 0.666. The van der Waals surface area contributed by atoms with Crippen LogP contribution in [0.3, 0.4) is 0 Å². The molecule has 0 fully saturated rings. The van der Waals surface area contributed by atoms with Gasteiger partial charge in [0.25, 0.3) is 0 Å². The summed E-state index contributed by atoms with van der Waals surface area (Å²) in [4.78, 5) is 0. The average molecular weight is 308 g/mol. The fourth-order valence-corrected chi connectivity index (χ4v) is 4.60. The van der Waals surface area contributed by atoms with E-state index in [9.17, 15) is 0 Å². The van der Waals surface area contributed by atoms with Crippen molar-refractivity contribution in [3.63, 3.8) is 0 Å². The molecule has 24 heavy (non-hydrogen) atoms. The molecule has 4 aromatic carbocycles. The van der Waals surface area contributed by atoms with Crippen LogP contribution in [-0.2, 0) is 5.41 Å². The zero-order valence-electron chi connectivity index (χ0n) is 14.4. The molecule has 0 saturated carbocycles. The van der Waals surface area contributed by atoms with E-state index in [0.717, 1.165) is 0 Å². The molecule has 0 bridgehead atoms. The van der Waals surface area contributed by atoms with Crippen LogP contribution < -0.4 is 0 Å². The van der Waals surface area contributed by atoms with E-state index in [-0.39, 0.29) is 5.41 Å². The molecular weight excluding hydrogens is 288 g/mol. The summed E-state index contributed by atoms with van der Waals surface area (Å²) < 4.78 is 0. The zero-order chi connectivity index (χ0) is 16.5. The smallest absolute Gasteiger partial charge is 0.0165 e. The van der Waals surface area contributed by atoms with Crippen molar-refractivity contribution in [1.29, 1.82) is 0 Å². The second-order valence-electron chi connectivity index (χ2n) is 7.52. The van der Waals surface area contributed by atoms with Crippen LogP contribution in [0.15, 0.2) is 66.7 Å². The molecule has 5 rings (SSSR count). The zero-order valence-corrected chi connectivity index (χ0v) is 14.4. The Balaban J connectivity index is 2.10. The van der Waals surface area contributed by atoms with Crippen molar-refractivity contribution in [2.75, 3.05) is 0 Å². The van der Waals surface area contributed by atoms with Crippen molar-refractivity contribution in [2.45, 2.75) is 26.2 Å². The topological polar surface area (TPSA) is 0 Å². The van der Waals surface area contributed by atoms with Gasteiger partial charge >= 0.3 is 0 Å². The maximum Gasteiger partial charge on any atom is 0.0165 e. The number of hydrogen-bond donors (Lipinski definition) is 0. The molecule has 0 amide bonds. The van der Waals surface area contributed by atoms with E-state index in [1.54, 1.807) is 0 Å². The number of aryl methyl sites for hydroxylation is 1. The monoisotopic (exact) mass is 308 g/mol. The molecule has 0 unspecified atom stereocenters. The lowest BCUT2D eigenvalue weighted by Crippen LogP contribution is -2.15. The van der Waals surface area contributed by atoms with Gasteiger partial charge in [0.1, 0.15) is 0 Å². The number of benzene rings is 4. The summed E-state index contributed by atoms with van der Waals surface area (Å²) in [5.41, 5.74) is 7.15. The summed E-state index contributed by atoms with van der Waals surface area (Å²) in [7, 11) is 0. The highest BCUT2D eigenvalue weighted by molar-refractivity contribution is 6.18. The second kappa shape index (κ2) is 4.48. The van der Waals surface area contributed by atoms with E-state index in [2.05, 4.69) is 87.5 Å². The van der Waals surface area contributed by atoms with Crippen molar-refractivity contribution in [1.82, 2.24) is 0 Å². The molecule has 116 valence electrons. The quantitative estimate of drug-likeness (QED) is 0.321. The molecule has 0 heteroatoms. The summed E-state index contributed by atoms with van der Waals surface area (Å²) >= 11 is 0. The van der Waals surface area contributed by atoms with Gasteiger partial charge in [0.2, 0.25) is 0 Å². The van der Waals surface area contributed by atoms with E-state index in [4.69, 9.17) is 0 Å². The van der Waals surface area contributed by atoms with E-state index in [1.807, 2.05) is 0 Å². The Hall–Kier alpha value is -2.60. The van der Waals surface area contributed by atoms with Gasteiger partial charge in [0, 0.05) is 5.41 Å². The molecule has 1 aliphatic rings. The predicted octanol–water partition coefficient (Wildman–Crippen LogP) is 6.61. The third kappa shape index (κ3) is 1.58. The lowest BCUT2D eigenvalue weighted by Gasteiger charge is -2.24. The van der Waals surface area contributed by atoms with E-state index in [1.165, 1.54) is 49.4 Å². The summed E-state index contributed by atoms with van der Waals surface area (Å²) in [6.07, 6.45) is 0. The summed E-state index contributed by atoms with van der Waals surface area (Å²) in [6, 6.07) is 24.7. The first-order chi connectivity index (χ1) is 11.6. The predicted molar refractivity (Wildman–Crippen MR) is 104 cm³/mol. The average Bonchev–Trinajstić information content (AvgIpc) is 2.83. The number of hydrogen-bond acceptors (Lipinski definition) is 0. The van der Waals surface area contributed by atoms with Crippen molar-refractivity contribution >= 4 is 21.5 Å². The van der Waals surface area contributed by atoms with Crippen LogP contribution in [-0.4, -0.2) is 0 Å². The highest BCUT2D eigenvalue weighted by atomic mass is 14.4. The summed E-state index contributed by atoms with van der Waals surface area (Å²) in [5.74, 6) is 0. The first-order valence-electron chi connectivity index (χ1n) is 8.64. The van der Waals surface area contributed by atoms with Gasteiger partial charge in [-0.05, 0) is 50.7 Å². The summed E-state index contributed by atoms with van der Waals surface area (Å²) in [6.45, 7) is 6.94. The van der Waals surface area contributed by atoms with Crippen LogP contribution in [0.2, 0.25) is 0 Å². The van der Waals surface area contributed by atoms with Crippen LogP contribution in [0.4, 0.5) is 0 Å². The van der Waals surface area contributed by atoms with E-state index < -0.39 is 0 Å². The Morgan fingerprint density at radius 2 is 1.25 bits per heavy atom. The molecule has 0 saturated heterocycles. The number of fused-ring (bicyclic) bond motifs is 8. The minimum atomic E-state index is 0.0281. The van der Waals surface area contributed by atoms with Crippen LogP contribution in [0.1, 0.15) is 30.5 Å². The summed E-state index contributed by atoms with van der Waals surface area (Å²) in [5, 5.41) is 5.49. The molecule has 1 aliphatic carbocycles. The van der Waals surface area contributed by atoms with Crippen LogP contribution in [0.25, 0.3) is 32.7 Å². The van der Waals surface area contributed by atoms with Crippen molar-refractivity contribution in [2.24, 2.45) is 0 Å². The van der Waals surface area contributed by atoms with Gasteiger partial charge in [-0.1, -0.05) is 86.1 Å². The fourth-order valence-electron chi connectivity index (χ4n) is 4.60. The Morgan fingerprint density at radius 3 is 1.96 bits per heavy atom. The highest BCUT2D eigenvalue weighted by Gasteiger charge is 2.38. The highest BCUT2D eigenvalue weighted by Crippen LogP contribution is 2.54. The Labute approximate surface area is 142 Å².